The molecule has 7 nitrogen and oxygen atoms in total. The van der Waals surface area contributed by atoms with Gasteiger partial charge >= 0.3 is 0 Å². The highest BCUT2D eigenvalue weighted by Gasteiger charge is 2.08. The molecule has 8 heteroatoms. The van der Waals surface area contributed by atoms with E-state index in [1.54, 1.807) is 13.2 Å². The fourth-order valence-corrected chi connectivity index (χ4v) is 2.60. The molecule has 0 radical (unpaired) electrons. The number of nitrogens with two attached hydrogens (primary N) is 1. The number of aromatic amines is 1. The summed E-state index contributed by atoms with van der Waals surface area (Å²) < 4.78 is 5.00. The van der Waals surface area contributed by atoms with E-state index in [0.29, 0.717) is 21.8 Å². The van der Waals surface area contributed by atoms with E-state index in [9.17, 15) is 4.79 Å². The van der Waals surface area contributed by atoms with Crippen molar-refractivity contribution >= 4 is 17.6 Å². The Morgan fingerprint density at radius 1 is 1.33 bits per heavy atom. The van der Waals surface area contributed by atoms with Gasteiger partial charge in [-0.25, -0.2) is 15.0 Å². The number of aromatic nitrogens is 4. The highest BCUT2D eigenvalue weighted by molar-refractivity contribution is 7.99. The van der Waals surface area contributed by atoms with Gasteiger partial charge in [0, 0.05) is 24.9 Å². The smallest absolute Gasteiger partial charge is 0.251 e. The van der Waals surface area contributed by atoms with Gasteiger partial charge in [-0.05, 0) is 18.2 Å². The molecule has 0 saturated carbocycles. The zero-order valence-corrected chi connectivity index (χ0v) is 12.7. The number of nitrogens with one attached hydrogen (secondary N) is 1. The second kappa shape index (κ2) is 7.19. The first-order chi connectivity index (χ1) is 10.1. The van der Waals surface area contributed by atoms with Crippen LogP contribution in [0.4, 0.5) is 5.82 Å². The van der Waals surface area contributed by atoms with Gasteiger partial charge < -0.3 is 15.5 Å². The summed E-state index contributed by atoms with van der Waals surface area (Å²) in [6.07, 6.45) is 1.69. The quantitative estimate of drug-likeness (QED) is 0.613. The number of ether oxygens (including phenoxy) is 1. The van der Waals surface area contributed by atoms with Crippen molar-refractivity contribution in [3.05, 3.63) is 34.0 Å². The van der Waals surface area contributed by atoms with E-state index in [0.717, 1.165) is 18.5 Å². The maximum atomic E-state index is 11.6. The topological polar surface area (TPSA) is 107 Å². The monoisotopic (exact) mass is 307 g/mol. The molecule has 0 aliphatic heterocycles. The molecule has 3 N–H and O–H groups in total. The normalized spacial score (nSPS) is 10.8. The lowest BCUT2D eigenvalue weighted by atomic mass is 10.2. The van der Waals surface area contributed by atoms with Crippen molar-refractivity contribution in [2.24, 2.45) is 0 Å². The molecule has 0 aromatic carbocycles. The average molecular weight is 307 g/mol. The van der Waals surface area contributed by atoms with Crippen molar-refractivity contribution in [3.8, 4) is 0 Å². The molecule has 0 aliphatic carbocycles. The van der Waals surface area contributed by atoms with E-state index in [2.05, 4.69) is 19.9 Å². The van der Waals surface area contributed by atoms with Gasteiger partial charge in [-0.2, -0.15) is 0 Å². The Hall–Kier alpha value is -1.93. The molecule has 2 aromatic rings. The third-order valence-electron chi connectivity index (χ3n) is 2.52. The van der Waals surface area contributed by atoms with Gasteiger partial charge in [0.1, 0.15) is 17.5 Å². The van der Waals surface area contributed by atoms with Gasteiger partial charge in [0.2, 0.25) is 0 Å². The highest BCUT2D eigenvalue weighted by atomic mass is 32.2. The fourth-order valence-electron chi connectivity index (χ4n) is 1.75. The van der Waals surface area contributed by atoms with Crippen LogP contribution in [0.2, 0.25) is 0 Å². The number of nitrogens with zero attached hydrogens (tertiary/aromatic N) is 3. The van der Waals surface area contributed by atoms with Crippen LogP contribution in [0.15, 0.2) is 27.1 Å². The summed E-state index contributed by atoms with van der Waals surface area (Å²) in [6, 6.07) is 3.15. The van der Waals surface area contributed by atoms with E-state index in [1.165, 1.54) is 17.8 Å². The Bertz CT molecular complexity index is 674. The largest absolute Gasteiger partial charge is 0.384 e. The van der Waals surface area contributed by atoms with Gasteiger partial charge in [-0.3, -0.25) is 4.79 Å². The summed E-state index contributed by atoms with van der Waals surface area (Å²) in [7, 11) is 1.56. The van der Waals surface area contributed by atoms with E-state index < -0.39 is 0 Å². The van der Waals surface area contributed by atoms with Crippen LogP contribution in [0.3, 0.4) is 0 Å². The number of hydrogen-bond donors (Lipinski definition) is 2. The molecule has 0 bridgehead atoms. The van der Waals surface area contributed by atoms with E-state index in [-0.39, 0.29) is 12.2 Å². The summed E-state index contributed by atoms with van der Waals surface area (Å²) in [5.74, 6) is 0.846. The number of hydrogen-bond acceptors (Lipinski definition) is 7. The van der Waals surface area contributed by atoms with E-state index in [4.69, 9.17) is 10.5 Å². The Labute approximate surface area is 126 Å². The standard InChI is InChI=1S/C13H17N5O2S/c1-3-4-8-5-11(19)18-13(15-8)21-12-6-9(14)16-10(17-12)7-20-2/h5-6H,3-4,7H2,1-2H3,(H2,14,16,17)(H,15,18,19). The molecule has 2 aromatic heterocycles. The average Bonchev–Trinajstić information content (AvgIpc) is 2.37. The minimum Gasteiger partial charge on any atom is -0.384 e. The fraction of sp³-hybridized carbons (Fsp3) is 0.385. The maximum Gasteiger partial charge on any atom is 0.251 e. The molecule has 0 saturated heterocycles. The maximum absolute atomic E-state index is 11.6. The Balaban J connectivity index is 2.27. The molecule has 2 rings (SSSR count). The summed E-state index contributed by atoms with van der Waals surface area (Å²) in [6.45, 7) is 2.32. The molecule has 2 heterocycles. The number of H-pyrrole nitrogens is 1. The molecule has 21 heavy (non-hydrogen) atoms. The molecule has 0 amide bonds. The van der Waals surface area contributed by atoms with Gasteiger partial charge in [0.05, 0.1) is 0 Å². The first-order valence-corrected chi connectivity index (χ1v) is 7.33. The molecule has 0 fully saturated rings. The van der Waals surface area contributed by atoms with Crippen molar-refractivity contribution < 1.29 is 4.74 Å². The Kier molecular flexibility index (Phi) is 5.29. The SMILES string of the molecule is CCCc1cc(=O)[nH]c(Sc2cc(N)nc(COC)n2)n1. The molecule has 0 atom stereocenters. The van der Waals surface area contributed by atoms with Crippen molar-refractivity contribution in [2.75, 3.05) is 12.8 Å². The van der Waals surface area contributed by atoms with Crippen LogP contribution < -0.4 is 11.3 Å². The first kappa shape index (κ1) is 15.5. The molecular weight excluding hydrogens is 290 g/mol. The van der Waals surface area contributed by atoms with Gasteiger partial charge in [-0.1, -0.05) is 13.3 Å². The number of methoxy groups -OCH3 is 1. The number of nitrogen functional groups attached to an aromatic ring is 1. The molecule has 0 unspecified atom stereocenters. The van der Waals surface area contributed by atoms with Crippen LogP contribution in [-0.2, 0) is 17.8 Å². The Morgan fingerprint density at radius 2 is 2.14 bits per heavy atom. The van der Waals surface area contributed by atoms with Gasteiger partial charge in [-0.15, -0.1) is 0 Å². The van der Waals surface area contributed by atoms with Crippen LogP contribution >= 0.6 is 11.8 Å². The zero-order chi connectivity index (χ0) is 15.2. The number of anilines is 1. The van der Waals surface area contributed by atoms with Gasteiger partial charge in [0.15, 0.2) is 11.0 Å². The predicted octanol–water partition coefficient (Wildman–Crippen LogP) is 1.39. The van der Waals surface area contributed by atoms with E-state index in [1.807, 2.05) is 6.92 Å². The van der Waals surface area contributed by atoms with Crippen molar-refractivity contribution in [1.29, 1.82) is 0 Å². The minimum atomic E-state index is -0.171. The van der Waals surface area contributed by atoms with Crippen LogP contribution in [0.1, 0.15) is 24.9 Å². The van der Waals surface area contributed by atoms with Crippen molar-refractivity contribution in [2.45, 2.75) is 36.6 Å². The molecule has 0 aliphatic rings. The lowest BCUT2D eigenvalue weighted by Gasteiger charge is -2.05. The second-order valence-electron chi connectivity index (χ2n) is 4.37. The first-order valence-electron chi connectivity index (χ1n) is 6.51. The zero-order valence-electron chi connectivity index (χ0n) is 11.9. The van der Waals surface area contributed by atoms with Crippen molar-refractivity contribution in [3.63, 3.8) is 0 Å². The lowest BCUT2D eigenvalue weighted by Crippen LogP contribution is -2.10. The number of rotatable bonds is 6. The van der Waals surface area contributed by atoms with Crippen LogP contribution in [-0.4, -0.2) is 27.0 Å². The molecule has 0 spiro atoms. The van der Waals surface area contributed by atoms with Crippen LogP contribution in [0.5, 0.6) is 0 Å². The Morgan fingerprint density at radius 3 is 2.86 bits per heavy atom. The summed E-state index contributed by atoms with van der Waals surface area (Å²) in [5, 5.41) is 1.11. The van der Waals surface area contributed by atoms with E-state index >= 15 is 0 Å². The van der Waals surface area contributed by atoms with Crippen molar-refractivity contribution in [1.82, 2.24) is 19.9 Å². The molecule has 112 valence electrons. The molecular formula is C13H17N5O2S. The minimum absolute atomic E-state index is 0.171. The lowest BCUT2D eigenvalue weighted by molar-refractivity contribution is 0.177. The third kappa shape index (κ3) is 4.54. The number of aryl methyl sites for hydroxylation is 1. The summed E-state index contributed by atoms with van der Waals surface area (Å²) in [5.41, 5.74) is 6.33. The summed E-state index contributed by atoms with van der Waals surface area (Å²) >= 11 is 1.24. The highest BCUT2D eigenvalue weighted by Crippen LogP contribution is 2.23. The van der Waals surface area contributed by atoms with Crippen LogP contribution in [0.25, 0.3) is 0 Å². The summed E-state index contributed by atoms with van der Waals surface area (Å²) in [4.78, 5) is 27.1. The second-order valence-corrected chi connectivity index (χ2v) is 5.38. The van der Waals surface area contributed by atoms with Crippen LogP contribution in [0, 0.1) is 0 Å². The van der Waals surface area contributed by atoms with Gasteiger partial charge in [0.25, 0.3) is 5.56 Å². The predicted molar refractivity (Wildman–Crippen MR) is 80.1 cm³/mol. The third-order valence-corrected chi connectivity index (χ3v) is 3.33.